The molecule has 0 atom stereocenters. The van der Waals surface area contributed by atoms with Crippen molar-refractivity contribution in [2.45, 2.75) is 13.8 Å². The highest BCUT2D eigenvalue weighted by Gasteiger charge is 2.02. The lowest BCUT2D eigenvalue weighted by Gasteiger charge is -1.89. The largest absolute Gasteiger partial charge is 0.397 e. The van der Waals surface area contributed by atoms with E-state index < -0.39 is 4.92 Å². The third-order valence-electron chi connectivity index (χ3n) is 0.845. The van der Waals surface area contributed by atoms with Crippen LogP contribution in [0.15, 0.2) is 11.4 Å². The number of allylic oxidation sites excluding steroid dienone is 2. The van der Waals surface area contributed by atoms with Crippen LogP contribution in [-0.4, -0.2) is 4.92 Å². The minimum Gasteiger partial charge on any atom is -0.397 e. The number of rotatable bonds is 1. The number of hydrogen-bond donors (Lipinski definition) is 1. The van der Waals surface area contributed by atoms with Crippen LogP contribution in [0.25, 0.3) is 0 Å². The van der Waals surface area contributed by atoms with Gasteiger partial charge >= 0.3 is 0 Å². The molecule has 0 aromatic rings. The second kappa shape index (κ2) is 2.30. The number of nitro groups is 1. The molecule has 0 heterocycles. The molecule has 0 unspecified atom stereocenters. The van der Waals surface area contributed by atoms with Crippen molar-refractivity contribution < 1.29 is 4.92 Å². The Balaban J connectivity index is 4.23. The first-order valence-electron chi connectivity index (χ1n) is 2.13. The molecule has 2 N–H and O–H groups in total. The van der Waals surface area contributed by atoms with Gasteiger partial charge in [0.25, 0.3) is 5.70 Å². The number of nitrogens with zero attached hydrogens (tertiary/aromatic N) is 1. The SMILES string of the molecule is C/C(N)=C(/C)[N+](=O)[O-]. The fourth-order valence-electron chi connectivity index (χ4n) is 0.144. The average Bonchev–Trinajstić information content (AvgIpc) is 1.64. The predicted octanol–water partition coefficient (Wildman–Crippen LogP) is 0.473. The van der Waals surface area contributed by atoms with Crippen LogP contribution in [-0.2, 0) is 0 Å². The minimum absolute atomic E-state index is 0.0185. The van der Waals surface area contributed by atoms with Crippen LogP contribution >= 0.6 is 0 Å². The van der Waals surface area contributed by atoms with Crippen LogP contribution in [0.5, 0.6) is 0 Å². The van der Waals surface area contributed by atoms with Crippen LogP contribution in [0.3, 0.4) is 0 Å². The van der Waals surface area contributed by atoms with E-state index in [-0.39, 0.29) is 11.4 Å². The second-order valence-corrected chi connectivity index (χ2v) is 1.53. The van der Waals surface area contributed by atoms with Crippen molar-refractivity contribution in [1.29, 1.82) is 0 Å². The van der Waals surface area contributed by atoms with Gasteiger partial charge in [-0.25, -0.2) is 0 Å². The van der Waals surface area contributed by atoms with E-state index in [1.807, 2.05) is 0 Å². The molecular weight excluding hydrogens is 108 g/mol. The van der Waals surface area contributed by atoms with Gasteiger partial charge < -0.3 is 5.73 Å². The van der Waals surface area contributed by atoms with E-state index in [1.54, 1.807) is 0 Å². The fraction of sp³-hybridized carbons (Fsp3) is 0.500. The molecule has 4 nitrogen and oxygen atoms in total. The van der Waals surface area contributed by atoms with Crippen molar-refractivity contribution in [2.24, 2.45) is 5.73 Å². The molecule has 0 saturated carbocycles. The molecule has 0 spiro atoms. The molecule has 0 aliphatic rings. The van der Waals surface area contributed by atoms with E-state index in [2.05, 4.69) is 0 Å². The molecule has 4 heteroatoms. The van der Waals surface area contributed by atoms with Crippen LogP contribution < -0.4 is 5.73 Å². The lowest BCUT2D eigenvalue weighted by atomic mass is 10.4. The van der Waals surface area contributed by atoms with Crippen LogP contribution in [0.4, 0.5) is 0 Å². The molecule has 0 amide bonds. The van der Waals surface area contributed by atoms with E-state index >= 15 is 0 Å². The van der Waals surface area contributed by atoms with Gasteiger partial charge in [0.1, 0.15) is 0 Å². The Morgan fingerprint density at radius 3 is 2.00 bits per heavy atom. The molecule has 0 aromatic carbocycles. The average molecular weight is 116 g/mol. The molecule has 0 saturated heterocycles. The number of hydrogen-bond acceptors (Lipinski definition) is 3. The third-order valence-corrected chi connectivity index (χ3v) is 0.845. The zero-order valence-electron chi connectivity index (χ0n) is 4.84. The van der Waals surface area contributed by atoms with Gasteiger partial charge in [-0.05, 0) is 6.92 Å². The van der Waals surface area contributed by atoms with Gasteiger partial charge in [0, 0.05) is 6.92 Å². The Morgan fingerprint density at radius 1 is 1.62 bits per heavy atom. The van der Waals surface area contributed by atoms with Gasteiger partial charge in [0.05, 0.1) is 10.6 Å². The molecule has 0 fully saturated rings. The van der Waals surface area contributed by atoms with E-state index in [1.165, 1.54) is 13.8 Å². The maximum atomic E-state index is 9.81. The van der Waals surface area contributed by atoms with Gasteiger partial charge in [0.2, 0.25) is 0 Å². The quantitative estimate of drug-likeness (QED) is 0.400. The van der Waals surface area contributed by atoms with Gasteiger partial charge in [-0.3, -0.25) is 10.1 Å². The second-order valence-electron chi connectivity index (χ2n) is 1.53. The molecule has 0 aliphatic heterocycles. The van der Waals surface area contributed by atoms with Crippen molar-refractivity contribution in [1.82, 2.24) is 0 Å². The van der Waals surface area contributed by atoms with E-state index in [0.29, 0.717) is 0 Å². The maximum absolute atomic E-state index is 9.81. The van der Waals surface area contributed by atoms with Crippen LogP contribution in [0, 0.1) is 10.1 Å². The first-order valence-corrected chi connectivity index (χ1v) is 2.13. The van der Waals surface area contributed by atoms with Gasteiger partial charge in [-0.15, -0.1) is 0 Å². The molecule has 8 heavy (non-hydrogen) atoms. The van der Waals surface area contributed by atoms with E-state index in [4.69, 9.17) is 5.73 Å². The van der Waals surface area contributed by atoms with Crippen molar-refractivity contribution in [3.63, 3.8) is 0 Å². The molecule has 0 bridgehead atoms. The third kappa shape index (κ3) is 1.59. The summed E-state index contributed by atoms with van der Waals surface area (Å²) in [5.41, 5.74) is 5.35. The molecule has 0 radical (unpaired) electrons. The topological polar surface area (TPSA) is 69.2 Å². The Morgan fingerprint density at radius 2 is 2.00 bits per heavy atom. The standard InChI is InChI=1S/C4H8N2O2/c1-3(5)4(2)6(7)8/h5H2,1-2H3/b4-3+. The minimum atomic E-state index is -0.505. The highest BCUT2D eigenvalue weighted by Crippen LogP contribution is 1.94. The van der Waals surface area contributed by atoms with Crippen molar-refractivity contribution in [3.05, 3.63) is 21.5 Å². The smallest absolute Gasteiger partial charge is 0.261 e. The molecule has 0 rings (SSSR count). The summed E-state index contributed by atoms with van der Waals surface area (Å²) in [5.74, 6) is 0. The highest BCUT2D eigenvalue weighted by molar-refractivity contribution is 4.95. The number of nitrogens with two attached hydrogens (primary N) is 1. The van der Waals surface area contributed by atoms with E-state index in [0.717, 1.165) is 0 Å². The van der Waals surface area contributed by atoms with Crippen molar-refractivity contribution >= 4 is 0 Å². The van der Waals surface area contributed by atoms with Crippen molar-refractivity contribution in [3.8, 4) is 0 Å². The summed E-state index contributed by atoms with van der Waals surface area (Å²) < 4.78 is 0. The molecule has 46 valence electrons. The zero-order chi connectivity index (χ0) is 6.73. The van der Waals surface area contributed by atoms with Crippen LogP contribution in [0.1, 0.15) is 13.8 Å². The summed E-state index contributed by atoms with van der Waals surface area (Å²) >= 11 is 0. The highest BCUT2D eigenvalue weighted by atomic mass is 16.6. The lowest BCUT2D eigenvalue weighted by Crippen LogP contribution is -2.03. The summed E-state index contributed by atoms with van der Waals surface area (Å²) in [4.78, 5) is 9.30. The summed E-state index contributed by atoms with van der Waals surface area (Å²) in [7, 11) is 0. The monoisotopic (exact) mass is 116 g/mol. The Hall–Kier alpha value is -1.06. The normalized spacial score (nSPS) is 12.8. The first kappa shape index (κ1) is 6.94. The molecule has 0 aromatic heterocycles. The van der Waals surface area contributed by atoms with Gasteiger partial charge in [-0.1, -0.05) is 0 Å². The first-order chi connectivity index (χ1) is 3.55. The summed E-state index contributed by atoms with van der Waals surface area (Å²) in [5, 5.41) is 9.81. The van der Waals surface area contributed by atoms with Gasteiger partial charge in [0.15, 0.2) is 0 Å². The maximum Gasteiger partial charge on any atom is 0.261 e. The van der Waals surface area contributed by atoms with Crippen molar-refractivity contribution in [2.75, 3.05) is 0 Å². The lowest BCUT2D eigenvalue weighted by molar-refractivity contribution is -0.425. The predicted molar refractivity (Wildman–Crippen MR) is 29.6 cm³/mol. The zero-order valence-corrected chi connectivity index (χ0v) is 4.84. The fourth-order valence-corrected chi connectivity index (χ4v) is 0.144. The Bertz CT molecular complexity index is 135. The summed E-state index contributed by atoms with van der Waals surface area (Å²) in [6.45, 7) is 2.87. The summed E-state index contributed by atoms with van der Waals surface area (Å²) in [6.07, 6.45) is 0. The van der Waals surface area contributed by atoms with Crippen LogP contribution in [0.2, 0.25) is 0 Å². The van der Waals surface area contributed by atoms with E-state index in [9.17, 15) is 10.1 Å². The van der Waals surface area contributed by atoms with Gasteiger partial charge in [-0.2, -0.15) is 0 Å². The summed E-state index contributed by atoms with van der Waals surface area (Å²) in [6, 6.07) is 0. The Labute approximate surface area is 47.1 Å². The Kier molecular flexibility index (Phi) is 1.99. The molecular formula is C4H8N2O2. The molecule has 0 aliphatic carbocycles.